The minimum absolute atomic E-state index is 0.00608. The van der Waals surface area contributed by atoms with Crippen molar-refractivity contribution in [3.8, 4) is 0 Å². The maximum absolute atomic E-state index is 13.1. The Labute approximate surface area is 141 Å². The molecule has 3 aliphatic rings. The number of hydrogen-bond acceptors (Lipinski definition) is 4. The molecule has 0 bridgehead atoms. The zero-order valence-corrected chi connectivity index (χ0v) is 14.0. The van der Waals surface area contributed by atoms with E-state index in [-0.39, 0.29) is 30.0 Å². The predicted molar refractivity (Wildman–Crippen MR) is 87.5 cm³/mol. The second-order valence-corrected chi connectivity index (χ2v) is 6.95. The van der Waals surface area contributed by atoms with Crippen molar-refractivity contribution in [1.29, 1.82) is 0 Å². The molecular formula is C18H23N3O3. The highest BCUT2D eigenvalue weighted by atomic mass is 16.5. The highest BCUT2D eigenvalue weighted by molar-refractivity contribution is 5.98. The second-order valence-electron chi connectivity index (χ2n) is 6.95. The Morgan fingerprint density at radius 3 is 2.83 bits per heavy atom. The fourth-order valence-corrected chi connectivity index (χ4v) is 4.23. The Bertz CT molecular complexity index is 657. The van der Waals surface area contributed by atoms with Gasteiger partial charge in [-0.2, -0.15) is 0 Å². The molecule has 6 nitrogen and oxygen atoms in total. The fourth-order valence-electron chi connectivity index (χ4n) is 4.23. The Hall–Kier alpha value is -1.95. The van der Waals surface area contributed by atoms with Crippen LogP contribution in [-0.2, 0) is 9.53 Å². The van der Waals surface area contributed by atoms with Crippen LogP contribution in [0.4, 0.5) is 0 Å². The molecule has 24 heavy (non-hydrogen) atoms. The zero-order chi connectivity index (χ0) is 16.7. The highest BCUT2D eigenvalue weighted by Gasteiger charge is 2.50. The first-order valence-electron chi connectivity index (χ1n) is 8.81. The number of rotatable bonds is 2. The SMILES string of the molecule is Cc1cc(C(=O)N2[C@H](C(=O)N3CCCC3)C[C@@H]3OCC[C@@H]32)ccn1. The van der Waals surface area contributed by atoms with Gasteiger partial charge in [0, 0.05) is 43.6 Å². The third-order valence-corrected chi connectivity index (χ3v) is 5.40. The van der Waals surface area contributed by atoms with Gasteiger partial charge in [0.2, 0.25) is 5.91 Å². The zero-order valence-electron chi connectivity index (χ0n) is 14.0. The summed E-state index contributed by atoms with van der Waals surface area (Å²) in [7, 11) is 0. The van der Waals surface area contributed by atoms with E-state index in [1.54, 1.807) is 23.2 Å². The van der Waals surface area contributed by atoms with Crippen LogP contribution in [-0.4, -0.2) is 64.5 Å². The standard InChI is InChI=1S/C18H23N3O3/c1-12-10-13(4-6-19-12)17(22)21-14-5-9-24-16(14)11-15(21)18(23)20-7-2-3-8-20/h4,6,10,14-16H,2-3,5,7-9,11H2,1H3/t14-,15-,16-/m0/s1. The monoisotopic (exact) mass is 329 g/mol. The van der Waals surface area contributed by atoms with Crippen molar-refractivity contribution in [3.63, 3.8) is 0 Å². The van der Waals surface area contributed by atoms with Crippen LogP contribution >= 0.6 is 0 Å². The van der Waals surface area contributed by atoms with Crippen LogP contribution in [0.3, 0.4) is 0 Å². The molecule has 1 aromatic rings. The number of nitrogens with zero attached hydrogens (tertiary/aromatic N) is 3. The van der Waals surface area contributed by atoms with Crippen LogP contribution in [0.25, 0.3) is 0 Å². The molecule has 0 aromatic carbocycles. The molecule has 0 radical (unpaired) electrons. The van der Waals surface area contributed by atoms with Crippen molar-refractivity contribution < 1.29 is 14.3 Å². The van der Waals surface area contributed by atoms with Crippen LogP contribution < -0.4 is 0 Å². The lowest BCUT2D eigenvalue weighted by Gasteiger charge is -2.31. The Morgan fingerprint density at radius 1 is 1.29 bits per heavy atom. The summed E-state index contributed by atoms with van der Waals surface area (Å²) in [6.07, 6.45) is 5.19. The molecule has 0 unspecified atom stereocenters. The summed E-state index contributed by atoms with van der Waals surface area (Å²) in [5.74, 6) is 0.0145. The highest BCUT2D eigenvalue weighted by Crippen LogP contribution is 2.36. The summed E-state index contributed by atoms with van der Waals surface area (Å²) in [5, 5.41) is 0. The maximum Gasteiger partial charge on any atom is 0.255 e. The van der Waals surface area contributed by atoms with Gasteiger partial charge in [0.25, 0.3) is 5.91 Å². The normalized spacial score (nSPS) is 29.1. The van der Waals surface area contributed by atoms with Gasteiger partial charge >= 0.3 is 0 Å². The lowest BCUT2D eigenvalue weighted by Crippen LogP contribution is -2.49. The number of likely N-dealkylation sites (tertiary alicyclic amines) is 2. The third-order valence-electron chi connectivity index (χ3n) is 5.40. The third kappa shape index (κ3) is 2.59. The van der Waals surface area contributed by atoms with Gasteiger partial charge in [-0.1, -0.05) is 0 Å². The Kier molecular flexibility index (Phi) is 4.00. The molecule has 128 valence electrons. The lowest BCUT2D eigenvalue weighted by molar-refractivity contribution is -0.134. The molecule has 4 heterocycles. The maximum atomic E-state index is 13.1. The number of carbonyl (C=O) groups is 2. The van der Waals surface area contributed by atoms with E-state index in [4.69, 9.17) is 4.74 Å². The summed E-state index contributed by atoms with van der Waals surface area (Å²) in [6, 6.07) is 3.15. The number of amides is 2. The van der Waals surface area contributed by atoms with Gasteiger partial charge in [-0.15, -0.1) is 0 Å². The smallest absolute Gasteiger partial charge is 0.255 e. The molecule has 4 rings (SSSR count). The first-order chi connectivity index (χ1) is 11.6. The number of hydrogen-bond donors (Lipinski definition) is 0. The second kappa shape index (κ2) is 6.16. The van der Waals surface area contributed by atoms with E-state index < -0.39 is 0 Å². The van der Waals surface area contributed by atoms with E-state index >= 15 is 0 Å². The van der Waals surface area contributed by atoms with Crippen LogP contribution in [0.1, 0.15) is 41.7 Å². The van der Waals surface area contributed by atoms with Crippen LogP contribution in [0.15, 0.2) is 18.3 Å². The molecule has 6 heteroatoms. The van der Waals surface area contributed by atoms with Gasteiger partial charge in [-0.05, 0) is 38.3 Å². The average Bonchev–Trinajstić information content (AvgIpc) is 3.30. The number of pyridine rings is 1. The number of aromatic nitrogens is 1. The van der Waals surface area contributed by atoms with Gasteiger partial charge in [0.05, 0.1) is 12.1 Å². The van der Waals surface area contributed by atoms with E-state index in [0.29, 0.717) is 18.6 Å². The van der Waals surface area contributed by atoms with Crippen molar-refractivity contribution in [1.82, 2.24) is 14.8 Å². The molecular weight excluding hydrogens is 306 g/mol. The Balaban J connectivity index is 1.63. The predicted octanol–water partition coefficient (Wildman–Crippen LogP) is 1.38. The van der Waals surface area contributed by atoms with Crippen molar-refractivity contribution in [2.45, 2.75) is 50.8 Å². The number of aryl methyl sites for hydroxylation is 1. The first kappa shape index (κ1) is 15.6. The van der Waals surface area contributed by atoms with E-state index in [2.05, 4.69) is 4.98 Å². The first-order valence-corrected chi connectivity index (χ1v) is 8.81. The number of carbonyl (C=O) groups excluding carboxylic acids is 2. The molecule has 0 saturated carbocycles. The lowest BCUT2D eigenvalue weighted by atomic mass is 10.1. The number of ether oxygens (including phenoxy) is 1. The number of fused-ring (bicyclic) bond motifs is 1. The summed E-state index contributed by atoms with van der Waals surface area (Å²) >= 11 is 0. The fraction of sp³-hybridized carbons (Fsp3) is 0.611. The van der Waals surface area contributed by atoms with E-state index in [9.17, 15) is 9.59 Å². The van der Waals surface area contributed by atoms with Crippen LogP contribution in [0.2, 0.25) is 0 Å². The summed E-state index contributed by atoms with van der Waals surface area (Å²) < 4.78 is 5.78. The summed E-state index contributed by atoms with van der Waals surface area (Å²) in [6.45, 7) is 4.15. The molecule has 3 saturated heterocycles. The summed E-state index contributed by atoms with van der Waals surface area (Å²) in [4.78, 5) is 34.0. The summed E-state index contributed by atoms with van der Waals surface area (Å²) in [5.41, 5.74) is 1.41. The van der Waals surface area contributed by atoms with Gasteiger partial charge in [0.1, 0.15) is 6.04 Å². The quantitative estimate of drug-likeness (QED) is 0.822. The van der Waals surface area contributed by atoms with Gasteiger partial charge in [-0.3, -0.25) is 14.6 Å². The van der Waals surface area contributed by atoms with E-state index in [1.807, 2.05) is 11.8 Å². The minimum Gasteiger partial charge on any atom is -0.376 e. The molecule has 3 fully saturated rings. The van der Waals surface area contributed by atoms with Crippen LogP contribution in [0, 0.1) is 6.92 Å². The molecule has 2 amide bonds. The van der Waals surface area contributed by atoms with Crippen molar-refractivity contribution in [2.75, 3.05) is 19.7 Å². The Morgan fingerprint density at radius 2 is 2.08 bits per heavy atom. The molecule has 0 spiro atoms. The van der Waals surface area contributed by atoms with E-state index in [0.717, 1.165) is 38.0 Å². The molecule has 1 aromatic heterocycles. The largest absolute Gasteiger partial charge is 0.376 e. The van der Waals surface area contributed by atoms with Crippen molar-refractivity contribution in [2.24, 2.45) is 0 Å². The van der Waals surface area contributed by atoms with Gasteiger partial charge in [-0.25, -0.2) is 0 Å². The van der Waals surface area contributed by atoms with Crippen LogP contribution in [0.5, 0.6) is 0 Å². The van der Waals surface area contributed by atoms with Gasteiger partial charge < -0.3 is 14.5 Å². The van der Waals surface area contributed by atoms with Gasteiger partial charge in [0.15, 0.2) is 0 Å². The topological polar surface area (TPSA) is 62.7 Å². The van der Waals surface area contributed by atoms with E-state index in [1.165, 1.54) is 0 Å². The van der Waals surface area contributed by atoms with Crippen molar-refractivity contribution >= 4 is 11.8 Å². The molecule has 0 N–H and O–H groups in total. The van der Waals surface area contributed by atoms with Crippen molar-refractivity contribution in [3.05, 3.63) is 29.6 Å². The molecule has 3 atom stereocenters. The average molecular weight is 329 g/mol. The molecule has 3 aliphatic heterocycles. The molecule has 0 aliphatic carbocycles. The minimum atomic E-state index is -0.389.